The minimum Gasteiger partial charge on any atom is -0.496 e. The van der Waals surface area contributed by atoms with Crippen LogP contribution in [-0.4, -0.2) is 28.8 Å². The van der Waals surface area contributed by atoms with E-state index in [1.165, 1.54) is 0 Å². The van der Waals surface area contributed by atoms with Crippen molar-refractivity contribution >= 4 is 15.9 Å². The van der Waals surface area contributed by atoms with Crippen LogP contribution in [0, 0.1) is 0 Å². The molecule has 2 atom stereocenters. The van der Waals surface area contributed by atoms with E-state index in [0.29, 0.717) is 5.33 Å². The van der Waals surface area contributed by atoms with Crippen LogP contribution in [0.25, 0.3) is 0 Å². The minimum atomic E-state index is -4.52. The van der Waals surface area contributed by atoms with E-state index in [-0.39, 0.29) is 17.7 Å². The summed E-state index contributed by atoms with van der Waals surface area (Å²) in [4.78, 5) is 0. The van der Waals surface area contributed by atoms with Gasteiger partial charge in [-0.3, -0.25) is 0 Å². The third-order valence-corrected chi connectivity index (χ3v) is 3.10. The quantitative estimate of drug-likeness (QED) is 0.809. The standard InChI is InChI=1S/C12H14BrF3O3/c1-19-10-6-7(11(18)9(17)4-5-13)2-3-8(10)12(14,15)16/h2-3,6,9,11,17-18H,4-5H2,1H3. The SMILES string of the molecule is COc1cc(C(O)C(O)CCBr)ccc1C(F)(F)F. The number of benzene rings is 1. The highest BCUT2D eigenvalue weighted by atomic mass is 79.9. The molecular formula is C12H14BrF3O3. The maximum absolute atomic E-state index is 12.6. The van der Waals surface area contributed by atoms with Crippen LogP contribution in [0.3, 0.4) is 0 Å². The lowest BCUT2D eigenvalue weighted by molar-refractivity contribution is -0.138. The van der Waals surface area contributed by atoms with Gasteiger partial charge >= 0.3 is 6.18 Å². The van der Waals surface area contributed by atoms with Gasteiger partial charge in [-0.25, -0.2) is 0 Å². The summed E-state index contributed by atoms with van der Waals surface area (Å²) in [6.45, 7) is 0. The molecule has 0 aromatic heterocycles. The smallest absolute Gasteiger partial charge is 0.419 e. The molecule has 0 radical (unpaired) electrons. The lowest BCUT2D eigenvalue weighted by Crippen LogP contribution is -2.19. The van der Waals surface area contributed by atoms with Gasteiger partial charge in [-0.2, -0.15) is 13.2 Å². The first kappa shape index (κ1) is 16.3. The molecule has 1 aromatic carbocycles. The van der Waals surface area contributed by atoms with E-state index in [4.69, 9.17) is 0 Å². The Labute approximate surface area is 117 Å². The van der Waals surface area contributed by atoms with Crippen molar-refractivity contribution < 1.29 is 28.1 Å². The molecule has 0 fully saturated rings. The van der Waals surface area contributed by atoms with E-state index in [9.17, 15) is 23.4 Å². The molecule has 2 unspecified atom stereocenters. The number of hydrogen-bond donors (Lipinski definition) is 2. The predicted molar refractivity (Wildman–Crippen MR) is 67.4 cm³/mol. The predicted octanol–water partition coefficient (Wildman–Crippen LogP) is 2.89. The van der Waals surface area contributed by atoms with Crippen molar-refractivity contribution in [2.24, 2.45) is 0 Å². The van der Waals surface area contributed by atoms with Gasteiger partial charge in [0.05, 0.1) is 18.8 Å². The summed E-state index contributed by atoms with van der Waals surface area (Å²) < 4.78 is 42.6. The van der Waals surface area contributed by atoms with Crippen molar-refractivity contribution in [2.75, 3.05) is 12.4 Å². The molecule has 108 valence electrons. The van der Waals surface area contributed by atoms with E-state index in [1.807, 2.05) is 0 Å². The summed E-state index contributed by atoms with van der Waals surface area (Å²) in [5, 5.41) is 19.9. The summed E-state index contributed by atoms with van der Waals surface area (Å²) in [6, 6.07) is 3.05. The third kappa shape index (κ3) is 4.09. The molecule has 1 aromatic rings. The molecule has 1 rings (SSSR count). The zero-order chi connectivity index (χ0) is 14.6. The van der Waals surface area contributed by atoms with Crippen molar-refractivity contribution in [3.8, 4) is 5.75 Å². The van der Waals surface area contributed by atoms with E-state index in [2.05, 4.69) is 20.7 Å². The van der Waals surface area contributed by atoms with E-state index >= 15 is 0 Å². The molecular weight excluding hydrogens is 329 g/mol. The Hall–Kier alpha value is -0.790. The fourth-order valence-electron chi connectivity index (χ4n) is 1.62. The topological polar surface area (TPSA) is 49.7 Å². The minimum absolute atomic E-state index is 0.179. The second-order valence-electron chi connectivity index (χ2n) is 3.95. The Bertz CT molecular complexity index is 423. The second kappa shape index (κ2) is 6.58. The average Bonchev–Trinajstić information content (AvgIpc) is 2.36. The number of methoxy groups -OCH3 is 1. The molecule has 0 spiro atoms. The summed E-state index contributed by atoms with van der Waals surface area (Å²) in [6.07, 6.45) is -6.55. The van der Waals surface area contributed by atoms with Gasteiger partial charge in [0.2, 0.25) is 0 Å². The lowest BCUT2D eigenvalue weighted by Gasteiger charge is -2.19. The number of aliphatic hydroxyl groups is 2. The molecule has 7 heteroatoms. The van der Waals surface area contributed by atoms with Gasteiger partial charge in [0.25, 0.3) is 0 Å². The highest BCUT2D eigenvalue weighted by molar-refractivity contribution is 9.09. The zero-order valence-corrected chi connectivity index (χ0v) is 11.7. The van der Waals surface area contributed by atoms with Gasteiger partial charge < -0.3 is 14.9 Å². The number of hydrogen-bond acceptors (Lipinski definition) is 3. The van der Waals surface area contributed by atoms with Crippen LogP contribution < -0.4 is 4.74 Å². The summed E-state index contributed by atoms with van der Waals surface area (Å²) in [5.41, 5.74) is -0.737. The van der Waals surface area contributed by atoms with Crippen LogP contribution in [-0.2, 0) is 6.18 Å². The number of rotatable bonds is 5. The average molecular weight is 343 g/mol. The number of alkyl halides is 4. The molecule has 0 aliphatic rings. The fraction of sp³-hybridized carbons (Fsp3) is 0.500. The van der Waals surface area contributed by atoms with Gasteiger partial charge in [-0.15, -0.1) is 0 Å². The summed E-state index contributed by atoms with van der Waals surface area (Å²) in [7, 11) is 1.12. The molecule has 0 bridgehead atoms. The lowest BCUT2D eigenvalue weighted by atomic mass is 10.0. The normalized spacial score (nSPS) is 15.1. The number of aliphatic hydroxyl groups excluding tert-OH is 2. The highest BCUT2D eigenvalue weighted by Gasteiger charge is 2.34. The van der Waals surface area contributed by atoms with E-state index in [1.54, 1.807) is 0 Å². The van der Waals surface area contributed by atoms with Crippen molar-refractivity contribution in [3.63, 3.8) is 0 Å². The van der Waals surface area contributed by atoms with Crippen LogP contribution in [0.5, 0.6) is 5.75 Å². The van der Waals surface area contributed by atoms with Crippen molar-refractivity contribution in [2.45, 2.75) is 24.8 Å². The van der Waals surface area contributed by atoms with Gasteiger partial charge in [-0.1, -0.05) is 22.0 Å². The third-order valence-electron chi connectivity index (χ3n) is 2.64. The molecule has 0 amide bonds. The first-order chi connectivity index (χ1) is 8.81. The molecule has 0 heterocycles. The maximum atomic E-state index is 12.6. The number of ether oxygens (including phenoxy) is 1. The molecule has 0 saturated heterocycles. The van der Waals surface area contributed by atoms with Crippen LogP contribution in [0.4, 0.5) is 13.2 Å². The van der Waals surface area contributed by atoms with Crippen molar-refractivity contribution in [1.82, 2.24) is 0 Å². The first-order valence-corrected chi connectivity index (χ1v) is 6.60. The zero-order valence-electron chi connectivity index (χ0n) is 10.1. The Morgan fingerprint density at radius 3 is 2.42 bits per heavy atom. The van der Waals surface area contributed by atoms with Crippen molar-refractivity contribution in [1.29, 1.82) is 0 Å². The van der Waals surface area contributed by atoms with Crippen LogP contribution >= 0.6 is 15.9 Å². The Kier molecular flexibility index (Phi) is 5.64. The van der Waals surface area contributed by atoms with Crippen LogP contribution in [0.15, 0.2) is 18.2 Å². The van der Waals surface area contributed by atoms with E-state index in [0.717, 1.165) is 25.3 Å². The summed E-state index contributed by atoms with van der Waals surface area (Å²) in [5.74, 6) is -0.380. The van der Waals surface area contributed by atoms with Gasteiger partial charge in [0.15, 0.2) is 0 Å². The molecule has 0 aliphatic heterocycles. The highest BCUT2D eigenvalue weighted by Crippen LogP contribution is 2.37. The van der Waals surface area contributed by atoms with Gasteiger partial charge in [0, 0.05) is 5.33 Å². The molecule has 2 N–H and O–H groups in total. The maximum Gasteiger partial charge on any atom is 0.419 e. The molecule has 0 aliphatic carbocycles. The largest absolute Gasteiger partial charge is 0.496 e. The molecule has 3 nitrogen and oxygen atoms in total. The Balaban J connectivity index is 3.06. The molecule has 19 heavy (non-hydrogen) atoms. The first-order valence-electron chi connectivity index (χ1n) is 5.48. The number of halogens is 4. The van der Waals surface area contributed by atoms with Gasteiger partial charge in [-0.05, 0) is 24.1 Å². The second-order valence-corrected chi connectivity index (χ2v) is 4.74. The summed E-state index contributed by atoms with van der Waals surface area (Å²) >= 11 is 3.11. The molecule has 0 saturated carbocycles. The van der Waals surface area contributed by atoms with E-state index < -0.39 is 23.9 Å². The van der Waals surface area contributed by atoms with Gasteiger partial charge in [0.1, 0.15) is 11.9 Å². The van der Waals surface area contributed by atoms with Crippen LogP contribution in [0.1, 0.15) is 23.7 Å². The van der Waals surface area contributed by atoms with Crippen LogP contribution in [0.2, 0.25) is 0 Å². The fourth-order valence-corrected chi connectivity index (χ4v) is 2.09. The van der Waals surface area contributed by atoms with Crippen molar-refractivity contribution in [3.05, 3.63) is 29.3 Å². The Morgan fingerprint density at radius 1 is 1.32 bits per heavy atom. The monoisotopic (exact) mass is 342 g/mol. The Morgan fingerprint density at radius 2 is 1.95 bits per heavy atom.